The van der Waals surface area contributed by atoms with Crippen molar-refractivity contribution in [2.75, 3.05) is 27.9 Å². The Hall–Kier alpha value is -3.56. The number of likely N-dealkylation sites (tertiary alicyclic amines) is 1. The highest BCUT2D eigenvalue weighted by Crippen LogP contribution is 2.47. The van der Waals surface area contributed by atoms with Crippen LogP contribution in [-0.4, -0.2) is 73.5 Å². The highest BCUT2D eigenvalue weighted by Gasteiger charge is 2.64. The van der Waals surface area contributed by atoms with Crippen molar-refractivity contribution in [3.63, 3.8) is 0 Å². The third kappa shape index (κ3) is 3.48. The minimum atomic E-state index is -1.71. The summed E-state index contributed by atoms with van der Waals surface area (Å²) in [6.07, 6.45) is 2.69. The van der Waals surface area contributed by atoms with Crippen molar-refractivity contribution in [3.05, 3.63) is 29.3 Å². The molecule has 34 heavy (non-hydrogen) atoms. The first kappa shape index (κ1) is 23.6. The molecule has 3 atom stereocenters. The van der Waals surface area contributed by atoms with Crippen LogP contribution in [0.25, 0.3) is 0 Å². The topological polar surface area (TPSA) is 120 Å². The largest absolute Gasteiger partial charge is 0.493 e. The highest BCUT2D eigenvalue weighted by molar-refractivity contribution is 6.05. The normalized spacial score (nSPS) is 27.7. The molecule has 1 aromatic rings. The van der Waals surface area contributed by atoms with Crippen LogP contribution in [0.5, 0.6) is 17.2 Å². The number of carbonyl (C=O) groups excluding carboxylic acids is 4. The molecule has 0 saturated carbocycles. The Balaban J connectivity index is 1.81. The fourth-order valence-electron chi connectivity index (χ4n) is 5.17. The Morgan fingerprint density at radius 3 is 2.26 bits per heavy atom. The molecule has 0 unspecified atom stereocenters. The van der Waals surface area contributed by atoms with Crippen LogP contribution in [0.4, 0.5) is 0 Å². The maximum absolute atomic E-state index is 13.5. The van der Waals surface area contributed by atoms with Gasteiger partial charge in [0.2, 0.25) is 11.7 Å². The fourth-order valence-corrected chi connectivity index (χ4v) is 5.17. The number of hydrogen-bond acceptors (Lipinski definition) is 8. The lowest BCUT2D eigenvalue weighted by atomic mass is 9.67. The molecule has 2 saturated heterocycles. The summed E-state index contributed by atoms with van der Waals surface area (Å²) in [6, 6.07) is 2.22. The van der Waals surface area contributed by atoms with Crippen molar-refractivity contribution in [2.24, 2.45) is 0 Å². The zero-order valence-corrected chi connectivity index (χ0v) is 19.9. The third-order valence-corrected chi connectivity index (χ3v) is 6.82. The summed E-state index contributed by atoms with van der Waals surface area (Å²) in [7, 11) is 4.30. The van der Waals surface area contributed by atoms with E-state index in [4.69, 9.17) is 18.9 Å². The third-order valence-electron chi connectivity index (χ3n) is 6.82. The summed E-state index contributed by atoms with van der Waals surface area (Å²) in [5, 5.41) is 2.79. The summed E-state index contributed by atoms with van der Waals surface area (Å²) in [6.45, 7) is 3.50. The first-order valence-electron chi connectivity index (χ1n) is 11.0. The lowest BCUT2D eigenvalue weighted by molar-refractivity contribution is -0.181. The molecule has 3 heterocycles. The van der Waals surface area contributed by atoms with Gasteiger partial charge in [-0.2, -0.15) is 0 Å². The average molecular weight is 472 g/mol. The molecule has 3 aliphatic heterocycles. The maximum Gasteiger partial charge on any atom is 0.339 e. The number of rotatable bonds is 7. The van der Waals surface area contributed by atoms with Crippen LogP contribution in [0, 0.1) is 0 Å². The SMILES string of the molecule is COc1cc(C(=O)N[C@]23C=C(C(C)=O)[C@](C)(C[C@@H]2N2CCCC2=O)OC3=O)cc(OC)c1OC. The zero-order chi connectivity index (χ0) is 24.8. The predicted molar refractivity (Wildman–Crippen MR) is 119 cm³/mol. The molecule has 1 N–H and O–H groups in total. The van der Waals surface area contributed by atoms with E-state index in [1.807, 2.05) is 0 Å². The molecule has 10 nitrogen and oxygen atoms in total. The second kappa shape index (κ2) is 8.34. The van der Waals surface area contributed by atoms with Crippen molar-refractivity contribution < 1.29 is 38.1 Å². The summed E-state index contributed by atoms with van der Waals surface area (Å²) < 4.78 is 21.7. The Morgan fingerprint density at radius 1 is 1.12 bits per heavy atom. The van der Waals surface area contributed by atoms with Crippen LogP contribution in [-0.2, 0) is 19.1 Å². The van der Waals surface area contributed by atoms with E-state index in [0.29, 0.717) is 30.7 Å². The summed E-state index contributed by atoms with van der Waals surface area (Å²) in [5.41, 5.74) is -2.45. The monoisotopic (exact) mass is 472 g/mol. The van der Waals surface area contributed by atoms with Crippen LogP contribution in [0.3, 0.4) is 0 Å². The zero-order valence-electron chi connectivity index (χ0n) is 19.9. The molecule has 1 aliphatic carbocycles. The molecule has 0 aromatic heterocycles. The quantitative estimate of drug-likeness (QED) is 0.592. The van der Waals surface area contributed by atoms with Gasteiger partial charge >= 0.3 is 5.97 Å². The molecule has 5 rings (SSSR count). The smallest absolute Gasteiger partial charge is 0.339 e. The Morgan fingerprint density at radius 2 is 1.76 bits per heavy atom. The number of methoxy groups -OCH3 is 3. The number of ether oxygens (including phenoxy) is 4. The van der Waals surface area contributed by atoms with Crippen molar-refractivity contribution in [3.8, 4) is 17.2 Å². The molecule has 0 radical (unpaired) electrons. The van der Waals surface area contributed by atoms with Gasteiger partial charge in [-0.3, -0.25) is 14.4 Å². The van der Waals surface area contributed by atoms with Crippen LogP contribution in [0.2, 0.25) is 0 Å². The van der Waals surface area contributed by atoms with Crippen molar-refractivity contribution in [1.82, 2.24) is 10.2 Å². The van der Waals surface area contributed by atoms with E-state index in [9.17, 15) is 19.2 Å². The molecule has 2 amide bonds. The van der Waals surface area contributed by atoms with Crippen molar-refractivity contribution in [2.45, 2.75) is 50.3 Å². The Kier molecular flexibility index (Phi) is 5.79. The van der Waals surface area contributed by atoms with Gasteiger partial charge in [0.15, 0.2) is 22.8 Å². The number of hydrogen-bond donors (Lipinski definition) is 1. The van der Waals surface area contributed by atoms with Gasteiger partial charge in [-0.25, -0.2) is 4.79 Å². The number of benzene rings is 1. The van der Waals surface area contributed by atoms with Crippen molar-refractivity contribution >= 4 is 23.6 Å². The summed E-state index contributed by atoms with van der Waals surface area (Å²) in [4.78, 5) is 53.5. The second-order valence-electron chi connectivity index (χ2n) is 8.88. The van der Waals surface area contributed by atoms with Gasteiger partial charge in [0.05, 0.1) is 27.4 Å². The predicted octanol–water partition coefficient (Wildman–Crippen LogP) is 1.41. The van der Waals surface area contributed by atoms with E-state index < -0.39 is 29.1 Å². The lowest BCUT2D eigenvalue weighted by Crippen LogP contribution is -2.75. The fraction of sp³-hybridized carbons (Fsp3) is 0.500. The van der Waals surface area contributed by atoms with Crippen molar-refractivity contribution in [1.29, 1.82) is 0 Å². The van der Waals surface area contributed by atoms with E-state index in [0.717, 1.165) is 0 Å². The summed E-state index contributed by atoms with van der Waals surface area (Å²) >= 11 is 0. The second-order valence-corrected chi connectivity index (χ2v) is 8.88. The number of ketones is 1. The van der Waals surface area contributed by atoms with Gasteiger partial charge in [-0.05, 0) is 38.5 Å². The number of nitrogens with zero attached hydrogens (tertiary/aromatic N) is 1. The summed E-state index contributed by atoms with van der Waals surface area (Å²) in [5.74, 6) is -0.879. The van der Waals surface area contributed by atoms with E-state index >= 15 is 0 Å². The number of esters is 1. The number of amides is 2. The first-order chi connectivity index (χ1) is 16.1. The Labute approximate surface area is 197 Å². The number of nitrogens with one attached hydrogen (secondary N) is 1. The highest BCUT2D eigenvalue weighted by atomic mass is 16.6. The maximum atomic E-state index is 13.5. The lowest BCUT2D eigenvalue weighted by Gasteiger charge is -2.54. The molecule has 1 aromatic carbocycles. The molecular formula is C24H28N2O8. The van der Waals surface area contributed by atoms with Gasteiger partial charge in [-0.1, -0.05) is 0 Å². The molecule has 0 spiro atoms. The van der Waals surface area contributed by atoms with Crippen LogP contribution >= 0.6 is 0 Å². The molecule has 182 valence electrons. The minimum absolute atomic E-state index is 0.104. The minimum Gasteiger partial charge on any atom is -0.493 e. The number of fused-ring (bicyclic) bond motifs is 2. The average Bonchev–Trinajstić information content (AvgIpc) is 3.23. The van der Waals surface area contributed by atoms with E-state index in [2.05, 4.69) is 5.32 Å². The van der Waals surface area contributed by atoms with Gasteiger partial charge in [0.25, 0.3) is 5.91 Å². The van der Waals surface area contributed by atoms with Gasteiger partial charge in [0, 0.05) is 30.5 Å². The van der Waals surface area contributed by atoms with Crippen LogP contribution in [0.1, 0.15) is 43.5 Å². The van der Waals surface area contributed by atoms with E-state index in [1.54, 1.807) is 11.8 Å². The molecule has 2 fully saturated rings. The Bertz CT molecular complexity index is 1090. The standard InChI is InChI=1S/C24H28N2O8/c1-13(27)15-11-24(18(26-8-6-7-19(26)28)12-23(15,2)34-22(24)30)25-21(29)14-9-16(31-3)20(33-5)17(10-14)32-4/h9-11,18H,6-8,12H2,1-5H3,(H,25,29)/t18-,23-,24+/m0/s1. The molecular weight excluding hydrogens is 444 g/mol. The molecule has 4 aliphatic rings. The number of carbonyl (C=O) groups is 4. The number of Topliss-reactive ketones (excluding diaryl/α,β-unsaturated/α-hetero) is 1. The van der Waals surface area contributed by atoms with E-state index in [1.165, 1.54) is 46.5 Å². The van der Waals surface area contributed by atoms with Gasteiger partial charge in [0.1, 0.15) is 5.60 Å². The first-order valence-corrected chi connectivity index (χ1v) is 11.0. The van der Waals surface area contributed by atoms with Crippen LogP contribution < -0.4 is 19.5 Å². The van der Waals surface area contributed by atoms with E-state index in [-0.39, 0.29) is 35.2 Å². The van der Waals surface area contributed by atoms with Crippen LogP contribution in [0.15, 0.2) is 23.8 Å². The molecule has 2 bridgehead atoms. The molecule has 10 heteroatoms. The van der Waals surface area contributed by atoms with Gasteiger partial charge < -0.3 is 29.2 Å². The van der Waals surface area contributed by atoms with Gasteiger partial charge in [-0.15, -0.1) is 0 Å².